The van der Waals surface area contributed by atoms with E-state index in [2.05, 4.69) is 41.3 Å². The number of halogens is 1. The lowest BCUT2D eigenvalue weighted by atomic mass is 9.71. The van der Waals surface area contributed by atoms with Gasteiger partial charge in [0.15, 0.2) is 0 Å². The first-order valence-electron chi connectivity index (χ1n) is 8.68. The monoisotopic (exact) mass is 447 g/mol. The second-order valence-electron chi connectivity index (χ2n) is 7.45. The first-order valence-corrected chi connectivity index (χ1v) is 9.92. The van der Waals surface area contributed by atoms with E-state index in [1.165, 1.54) is 0 Å². The molecule has 4 atom stereocenters. The minimum absolute atomic E-state index is 0.00926. The molecule has 1 aromatic rings. The second kappa shape index (κ2) is 8.34. The highest BCUT2D eigenvalue weighted by Crippen LogP contribution is 2.45. The molecule has 4 nitrogen and oxygen atoms in total. The molecule has 0 bridgehead atoms. The number of phenols is 1. The van der Waals surface area contributed by atoms with Crippen molar-refractivity contribution in [2.24, 2.45) is 0 Å². The lowest BCUT2D eigenvalue weighted by Crippen LogP contribution is -2.52. The number of ether oxygens (including phenoxy) is 1. The summed E-state index contributed by atoms with van der Waals surface area (Å²) in [6.45, 7) is 4.90. The Balaban J connectivity index is 2.23. The van der Waals surface area contributed by atoms with Gasteiger partial charge in [-0.15, -0.1) is 0 Å². The molecule has 2 N–H and O–H groups in total. The highest BCUT2D eigenvalue weighted by atomic mass is 127. The van der Waals surface area contributed by atoms with Crippen LogP contribution in [-0.2, 0) is 4.74 Å². The van der Waals surface area contributed by atoms with Crippen molar-refractivity contribution < 1.29 is 14.9 Å². The largest absolute Gasteiger partial charge is 0.508 e. The second-order valence-corrected chi connectivity index (χ2v) is 8.95. The molecule has 0 radical (unpaired) electrons. The molecule has 1 aliphatic rings. The van der Waals surface area contributed by atoms with E-state index in [-0.39, 0.29) is 27.8 Å². The van der Waals surface area contributed by atoms with Crippen LogP contribution in [0.25, 0.3) is 0 Å². The number of aliphatic hydroxyl groups is 1. The molecule has 0 aliphatic heterocycles. The van der Waals surface area contributed by atoms with Crippen LogP contribution in [0.5, 0.6) is 5.75 Å². The zero-order valence-corrected chi connectivity index (χ0v) is 17.2. The summed E-state index contributed by atoms with van der Waals surface area (Å²) in [7, 11) is 4.07. The van der Waals surface area contributed by atoms with Crippen molar-refractivity contribution in [1.82, 2.24) is 4.90 Å². The molecule has 5 heteroatoms. The van der Waals surface area contributed by atoms with E-state index in [9.17, 15) is 10.2 Å². The maximum Gasteiger partial charge on any atom is 0.115 e. The summed E-state index contributed by atoms with van der Waals surface area (Å²) >= 11 is 2.40. The molecule has 1 saturated carbocycles. The zero-order valence-electron chi connectivity index (χ0n) is 15.1. The maximum absolute atomic E-state index is 11.6. The Morgan fingerprint density at radius 2 is 1.92 bits per heavy atom. The Morgan fingerprint density at radius 1 is 1.29 bits per heavy atom. The van der Waals surface area contributed by atoms with Crippen LogP contribution < -0.4 is 0 Å². The summed E-state index contributed by atoms with van der Waals surface area (Å²) in [5.41, 5.74) is 0.312. The average molecular weight is 447 g/mol. The quantitative estimate of drug-likeness (QED) is 0.518. The van der Waals surface area contributed by atoms with E-state index in [1.54, 1.807) is 12.1 Å². The highest BCUT2D eigenvalue weighted by Gasteiger charge is 2.47. The number of nitrogens with zero attached hydrogens (tertiary/aromatic N) is 1. The van der Waals surface area contributed by atoms with Gasteiger partial charge in [0.05, 0.1) is 17.8 Å². The van der Waals surface area contributed by atoms with Crippen molar-refractivity contribution in [3.8, 4) is 5.75 Å². The van der Waals surface area contributed by atoms with Crippen LogP contribution in [0.2, 0.25) is 0 Å². The minimum atomic E-state index is -0.765. The smallest absolute Gasteiger partial charge is 0.115 e. The van der Waals surface area contributed by atoms with Crippen LogP contribution >= 0.6 is 22.6 Å². The van der Waals surface area contributed by atoms with Crippen molar-refractivity contribution >= 4 is 22.6 Å². The molecular formula is C19H30INO3. The number of phenolic OH excluding ortho intramolecular Hbond substituents is 1. The normalized spacial score (nSPS) is 29.2. The molecule has 0 aromatic heterocycles. The number of hydrogen-bond acceptors (Lipinski definition) is 4. The van der Waals surface area contributed by atoms with Crippen molar-refractivity contribution in [3.05, 3.63) is 29.8 Å². The first kappa shape index (κ1) is 19.9. The van der Waals surface area contributed by atoms with E-state index < -0.39 is 5.60 Å². The molecule has 1 aromatic carbocycles. The van der Waals surface area contributed by atoms with Crippen molar-refractivity contribution in [3.63, 3.8) is 0 Å². The Morgan fingerprint density at radius 3 is 2.42 bits per heavy atom. The van der Waals surface area contributed by atoms with Gasteiger partial charge in [-0.2, -0.15) is 0 Å². The fourth-order valence-electron chi connectivity index (χ4n) is 3.63. The minimum Gasteiger partial charge on any atom is -0.508 e. The van der Waals surface area contributed by atoms with E-state index in [0.29, 0.717) is 0 Å². The Labute approximate surface area is 159 Å². The van der Waals surface area contributed by atoms with E-state index in [0.717, 1.165) is 31.4 Å². The standard InChI is InChI=1S/C19H30INO3/c1-13(2)24-16-9-10-19(23,18(20)11-16)17(12-21(3)4)14-5-7-15(22)8-6-14/h5-8,13,16-18,22-23H,9-12H2,1-4H3. The number of hydrogen-bond donors (Lipinski definition) is 2. The van der Waals surface area contributed by atoms with Crippen LogP contribution in [0.3, 0.4) is 0 Å². The van der Waals surface area contributed by atoms with E-state index in [4.69, 9.17) is 4.74 Å². The third-order valence-corrected chi connectivity index (χ3v) is 6.38. The van der Waals surface area contributed by atoms with Crippen molar-refractivity contribution in [1.29, 1.82) is 0 Å². The van der Waals surface area contributed by atoms with Gasteiger partial charge < -0.3 is 19.8 Å². The Bertz CT molecular complexity index is 520. The molecule has 4 unspecified atom stereocenters. The van der Waals surface area contributed by atoms with Gasteiger partial charge in [-0.1, -0.05) is 34.7 Å². The molecule has 0 heterocycles. The van der Waals surface area contributed by atoms with Gasteiger partial charge >= 0.3 is 0 Å². The average Bonchev–Trinajstić information content (AvgIpc) is 2.49. The molecule has 0 spiro atoms. The van der Waals surface area contributed by atoms with Gasteiger partial charge in [0.25, 0.3) is 0 Å². The molecule has 0 amide bonds. The fraction of sp³-hybridized carbons (Fsp3) is 0.684. The molecule has 1 aliphatic carbocycles. The topological polar surface area (TPSA) is 52.9 Å². The summed E-state index contributed by atoms with van der Waals surface area (Å²) in [6.07, 6.45) is 2.94. The van der Waals surface area contributed by atoms with Crippen LogP contribution in [0.1, 0.15) is 44.6 Å². The zero-order chi connectivity index (χ0) is 17.9. The van der Waals surface area contributed by atoms with Crippen molar-refractivity contribution in [2.75, 3.05) is 20.6 Å². The molecule has 136 valence electrons. The SMILES string of the molecule is CC(C)OC1CCC(O)(C(CN(C)C)c2ccc(O)cc2)C(I)C1. The lowest BCUT2D eigenvalue weighted by Gasteiger charge is -2.46. The van der Waals surface area contributed by atoms with Gasteiger partial charge in [-0.3, -0.25) is 0 Å². The van der Waals surface area contributed by atoms with Crippen LogP contribution in [0, 0.1) is 0 Å². The summed E-state index contributed by atoms with van der Waals surface area (Å²) in [5, 5.41) is 21.1. The predicted octanol–water partition coefficient (Wildman–Crippen LogP) is 3.55. The molecule has 24 heavy (non-hydrogen) atoms. The fourth-order valence-corrected chi connectivity index (χ4v) is 4.94. The highest BCUT2D eigenvalue weighted by molar-refractivity contribution is 14.1. The molecule has 1 fully saturated rings. The van der Waals surface area contributed by atoms with Gasteiger partial charge in [-0.05, 0) is 64.9 Å². The predicted molar refractivity (Wildman–Crippen MR) is 106 cm³/mol. The Hall–Kier alpha value is -0.370. The number of likely N-dealkylation sites (N-methyl/N-ethyl adjacent to an activating group) is 1. The molecule has 2 rings (SSSR count). The summed E-state index contributed by atoms with van der Waals surface area (Å²) in [4.78, 5) is 2.12. The first-order chi connectivity index (χ1) is 11.2. The lowest BCUT2D eigenvalue weighted by molar-refractivity contribution is -0.0778. The van der Waals surface area contributed by atoms with Crippen LogP contribution in [0.4, 0.5) is 0 Å². The Kier molecular flexibility index (Phi) is 6.93. The third-order valence-electron chi connectivity index (χ3n) is 4.79. The molecule has 0 saturated heterocycles. The number of benzene rings is 1. The number of alkyl halides is 1. The third kappa shape index (κ3) is 4.84. The van der Waals surface area contributed by atoms with Gasteiger partial charge in [0.2, 0.25) is 0 Å². The summed E-state index contributed by atoms with van der Waals surface area (Å²) in [5.74, 6) is 0.268. The van der Waals surface area contributed by atoms with Crippen LogP contribution in [0.15, 0.2) is 24.3 Å². The van der Waals surface area contributed by atoms with Crippen molar-refractivity contribution in [2.45, 2.75) is 60.8 Å². The maximum atomic E-state index is 11.6. The molecular weight excluding hydrogens is 417 g/mol. The van der Waals surface area contributed by atoms with E-state index >= 15 is 0 Å². The van der Waals surface area contributed by atoms with Gasteiger partial charge in [0.1, 0.15) is 5.75 Å². The number of aromatic hydroxyl groups is 1. The van der Waals surface area contributed by atoms with E-state index in [1.807, 2.05) is 26.2 Å². The van der Waals surface area contributed by atoms with Gasteiger partial charge in [-0.25, -0.2) is 0 Å². The number of rotatable bonds is 6. The summed E-state index contributed by atoms with van der Waals surface area (Å²) in [6, 6.07) is 7.27. The van der Waals surface area contributed by atoms with Gasteiger partial charge in [0, 0.05) is 16.4 Å². The van der Waals surface area contributed by atoms with Crippen LogP contribution in [-0.4, -0.2) is 57.5 Å². The summed E-state index contributed by atoms with van der Waals surface area (Å²) < 4.78 is 6.11.